The Kier molecular flexibility index (Phi) is 5.03. The van der Waals surface area contributed by atoms with E-state index in [9.17, 15) is 0 Å². The van der Waals surface area contributed by atoms with Gasteiger partial charge in [-0.3, -0.25) is 0 Å². The third kappa shape index (κ3) is 4.24. The predicted molar refractivity (Wildman–Crippen MR) is 63.4 cm³/mol. The summed E-state index contributed by atoms with van der Waals surface area (Å²) in [6, 6.07) is 5.57. The molecule has 0 amide bonds. The molecule has 0 aromatic heterocycles. The van der Waals surface area contributed by atoms with Gasteiger partial charge in [-0.2, -0.15) is 0 Å². The van der Waals surface area contributed by atoms with E-state index in [1.54, 1.807) is 0 Å². The lowest BCUT2D eigenvalue weighted by Crippen LogP contribution is -2.05. The Bertz CT molecular complexity index is 379. The Labute approximate surface area is 95.6 Å². The van der Waals surface area contributed by atoms with Crippen molar-refractivity contribution < 1.29 is 4.74 Å². The summed E-state index contributed by atoms with van der Waals surface area (Å²) in [5, 5.41) is 3.69. The summed E-state index contributed by atoms with van der Waals surface area (Å²) >= 11 is 5.89. The van der Waals surface area contributed by atoms with Crippen LogP contribution in [0.3, 0.4) is 0 Å². The van der Waals surface area contributed by atoms with Gasteiger partial charge in [-0.1, -0.05) is 23.4 Å². The molecule has 0 aliphatic carbocycles. The predicted octanol–water partition coefficient (Wildman–Crippen LogP) is 2.25. The maximum absolute atomic E-state index is 5.89. The molecule has 0 aliphatic rings. The summed E-state index contributed by atoms with van der Waals surface area (Å²) in [5.74, 6) is 6.62. The van der Waals surface area contributed by atoms with Crippen LogP contribution in [0.5, 0.6) is 5.75 Å². The van der Waals surface area contributed by atoms with Gasteiger partial charge in [-0.15, -0.1) is 0 Å². The Balaban J connectivity index is 2.45. The minimum Gasteiger partial charge on any atom is -0.481 e. The van der Waals surface area contributed by atoms with E-state index >= 15 is 0 Å². The van der Waals surface area contributed by atoms with Crippen LogP contribution in [0.1, 0.15) is 5.56 Å². The van der Waals surface area contributed by atoms with Crippen LogP contribution in [0.2, 0.25) is 5.02 Å². The molecule has 0 aliphatic heterocycles. The van der Waals surface area contributed by atoms with Crippen LogP contribution >= 0.6 is 11.6 Å². The molecule has 0 fully saturated rings. The van der Waals surface area contributed by atoms with Crippen molar-refractivity contribution in [3.8, 4) is 17.6 Å². The Morgan fingerprint density at radius 3 is 2.87 bits per heavy atom. The summed E-state index contributed by atoms with van der Waals surface area (Å²) in [5.41, 5.74) is 1.01. The quantitative estimate of drug-likeness (QED) is 0.794. The summed E-state index contributed by atoms with van der Waals surface area (Å²) in [6.45, 7) is 3.04. The van der Waals surface area contributed by atoms with E-state index in [1.807, 2.05) is 32.2 Å². The van der Waals surface area contributed by atoms with Gasteiger partial charge in [0.2, 0.25) is 0 Å². The van der Waals surface area contributed by atoms with Crippen LogP contribution in [0.15, 0.2) is 18.2 Å². The van der Waals surface area contributed by atoms with Crippen LogP contribution in [-0.2, 0) is 0 Å². The number of benzene rings is 1. The van der Waals surface area contributed by atoms with Gasteiger partial charge >= 0.3 is 0 Å². The second kappa shape index (κ2) is 6.34. The molecule has 1 rings (SSSR count). The average Bonchev–Trinajstić information content (AvgIpc) is 2.23. The van der Waals surface area contributed by atoms with Crippen LogP contribution < -0.4 is 10.1 Å². The van der Waals surface area contributed by atoms with Crippen molar-refractivity contribution >= 4 is 11.6 Å². The number of nitrogens with one attached hydrogen (secondary N) is 1. The van der Waals surface area contributed by atoms with Crippen molar-refractivity contribution in [3.05, 3.63) is 28.8 Å². The topological polar surface area (TPSA) is 21.3 Å². The van der Waals surface area contributed by atoms with Crippen LogP contribution in [-0.4, -0.2) is 20.2 Å². The van der Waals surface area contributed by atoms with Gasteiger partial charge in [0.15, 0.2) is 0 Å². The first-order valence-electron chi connectivity index (χ1n) is 4.73. The Hall–Kier alpha value is -1.17. The first-order valence-corrected chi connectivity index (χ1v) is 5.11. The van der Waals surface area contributed by atoms with E-state index in [4.69, 9.17) is 16.3 Å². The maximum atomic E-state index is 5.89. The van der Waals surface area contributed by atoms with Crippen molar-refractivity contribution in [1.82, 2.24) is 5.32 Å². The van der Waals surface area contributed by atoms with Gasteiger partial charge in [-0.25, -0.2) is 0 Å². The number of hydrogen-bond donors (Lipinski definition) is 1. The summed E-state index contributed by atoms with van der Waals surface area (Å²) in [7, 11) is 1.86. The van der Waals surface area contributed by atoms with E-state index in [-0.39, 0.29) is 0 Å². The molecule has 0 spiro atoms. The van der Waals surface area contributed by atoms with Gasteiger partial charge in [-0.05, 0) is 37.7 Å². The van der Waals surface area contributed by atoms with Crippen LogP contribution in [0.4, 0.5) is 0 Å². The molecule has 2 nitrogen and oxygen atoms in total. The second-order valence-electron chi connectivity index (χ2n) is 3.08. The van der Waals surface area contributed by atoms with Crippen molar-refractivity contribution in [2.24, 2.45) is 0 Å². The first-order chi connectivity index (χ1) is 7.24. The minimum absolute atomic E-state index is 0.406. The smallest absolute Gasteiger partial charge is 0.149 e. The fourth-order valence-corrected chi connectivity index (χ4v) is 1.15. The number of rotatable bonds is 3. The fourth-order valence-electron chi connectivity index (χ4n) is 1.03. The number of hydrogen-bond acceptors (Lipinski definition) is 2. The third-order valence-corrected chi connectivity index (χ3v) is 2.25. The van der Waals surface area contributed by atoms with E-state index in [0.717, 1.165) is 16.3 Å². The molecule has 1 aromatic rings. The van der Waals surface area contributed by atoms with Crippen molar-refractivity contribution in [3.63, 3.8) is 0 Å². The molecule has 1 aromatic carbocycles. The van der Waals surface area contributed by atoms with Crippen molar-refractivity contribution in [2.75, 3.05) is 20.2 Å². The monoisotopic (exact) mass is 223 g/mol. The molecule has 80 valence electrons. The molecular formula is C12H14ClNO. The zero-order valence-corrected chi connectivity index (χ0v) is 9.69. The molecule has 0 saturated heterocycles. The standard InChI is InChI=1S/C12H14ClNO/c1-10-9-11(5-6-12(10)13)15-8-4-3-7-14-2/h5-6,9,14H,7-8H2,1-2H3. The largest absolute Gasteiger partial charge is 0.481 e. The molecule has 0 bridgehead atoms. The number of ether oxygens (including phenoxy) is 1. The van der Waals surface area contributed by atoms with Crippen molar-refractivity contribution in [2.45, 2.75) is 6.92 Å². The normalized spacial score (nSPS) is 9.27. The number of aryl methyl sites for hydroxylation is 1. The highest BCUT2D eigenvalue weighted by molar-refractivity contribution is 6.31. The van der Waals surface area contributed by atoms with Crippen LogP contribution in [0, 0.1) is 18.8 Å². The fraction of sp³-hybridized carbons (Fsp3) is 0.333. The van der Waals surface area contributed by atoms with E-state index < -0.39 is 0 Å². The Morgan fingerprint density at radius 2 is 2.20 bits per heavy atom. The maximum Gasteiger partial charge on any atom is 0.149 e. The van der Waals surface area contributed by atoms with E-state index in [0.29, 0.717) is 13.2 Å². The summed E-state index contributed by atoms with van der Waals surface area (Å²) < 4.78 is 5.43. The highest BCUT2D eigenvalue weighted by atomic mass is 35.5. The molecule has 0 radical (unpaired) electrons. The molecule has 0 heterocycles. The van der Waals surface area contributed by atoms with Crippen molar-refractivity contribution in [1.29, 1.82) is 0 Å². The zero-order valence-electron chi connectivity index (χ0n) is 8.93. The average molecular weight is 224 g/mol. The summed E-state index contributed by atoms with van der Waals surface area (Å²) in [6.07, 6.45) is 0. The molecule has 15 heavy (non-hydrogen) atoms. The first kappa shape index (κ1) is 11.9. The zero-order chi connectivity index (χ0) is 11.1. The van der Waals surface area contributed by atoms with Gasteiger partial charge in [0.25, 0.3) is 0 Å². The lowest BCUT2D eigenvalue weighted by molar-refractivity contribution is 0.370. The lowest BCUT2D eigenvalue weighted by Gasteiger charge is -2.03. The Morgan fingerprint density at radius 1 is 1.40 bits per heavy atom. The highest BCUT2D eigenvalue weighted by Crippen LogP contribution is 2.20. The molecule has 3 heteroatoms. The molecule has 0 saturated carbocycles. The van der Waals surface area contributed by atoms with Gasteiger partial charge in [0.1, 0.15) is 12.4 Å². The molecule has 0 unspecified atom stereocenters. The lowest BCUT2D eigenvalue weighted by atomic mass is 10.2. The van der Waals surface area contributed by atoms with E-state index in [1.165, 1.54) is 0 Å². The van der Waals surface area contributed by atoms with Gasteiger partial charge < -0.3 is 10.1 Å². The van der Waals surface area contributed by atoms with Gasteiger partial charge in [0.05, 0.1) is 6.54 Å². The second-order valence-corrected chi connectivity index (χ2v) is 3.49. The highest BCUT2D eigenvalue weighted by Gasteiger charge is 1.96. The van der Waals surface area contributed by atoms with Crippen LogP contribution in [0.25, 0.3) is 0 Å². The summed E-state index contributed by atoms with van der Waals surface area (Å²) in [4.78, 5) is 0. The minimum atomic E-state index is 0.406. The SMILES string of the molecule is CNCC#CCOc1ccc(Cl)c(C)c1. The molecule has 1 N–H and O–H groups in total. The van der Waals surface area contributed by atoms with E-state index in [2.05, 4.69) is 17.2 Å². The third-order valence-electron chi connectivity index (χ3n) is 1.83. The van der Waals surface area contributed by atoms with Gasteiger partial charge in [0, 0.05) is 5.02 Å². The molecular weight excluding hydrogens is 210 g/mol. The number of halogens is 1. The molecule has 0 atom stereocenters.